The predicted octanol–water partition coefficient (Wildman–Crippen LogP) is 1.75. The lowest BCUT2D eigenvalue weighted by atomic mass is 10.3. The number of hydrogen-bond acceptors (Lipinski definition) is 6. The Labute approximate surface area is 134 Å². The molecule has 8 heteroatoms. The van der Waals surface area contributed by atoms with Gasteiger partial charge in [-0.25, -0.2) is 4.98 Å². The van der Waals surface area contributed by atoms with Crippen LogP contribution < -0.4 is 10.9 Å². The second-order valence-corrected chi connectivity index (χ2v) is 6.44. The molecule has 0 aliphatic heterocycles. The van der Waals surface area contributed by atoms with Gasteiger partial charge in [0, 0.05) is 25.1 Å². The van der Waals surface area contributed by atoms with Gasteiger partial charge in [0.25, 0.3) is 11.5 Å². The third-order valence-corrected chi connectivity index (χ3v) is 4.71. The van der Waals surface area contributed by atoms with Crippen LogP contribution in [0.25, 0.3) is 10.2 Å². The Morgan fingerprint density at radius 1 is 1.48 bits per heavy atom. The number of rotatable bonds is 5. The zero-order valence-corrected chi connectivity index (χ0v) is 13.0. The van der Waals surface area contributed by atoms with E-state index in [4.69, 9.17) is 4.52 Å². The number of thiophene rings is 1. The third kappa shape index (κ3) is 2.77. The molecule has 1 aliphatic rings. The summed E-state index contributed by atoms with van der Waals surface area (Å²) >= 11 is 1.37. The van der Waals surface area contributed by atoms with Crippen LogP contribution in [0.5, 0.6) is 0 Å². The number of fused-ring (bicyclic) bond motifs is 1. The third-order valence-electron chi connectivity index (χ3n) is 3.81. The number of nitrogens with zero attached hydrogens (tertiary/aromatic N) is 3. The Morgan fingerprint density at radius 3 is 3.17 bits per heavy atom. The van der Waals surface area contributed by atoms with Crippen LogP contribution in [0.3, 0.4) is 0 Å². The molecule has 0 atom stereocenters. The normalized spacial score (nSPS) is 14.3. The summed E-state index contributed by atoms with van der Waals surface area (Å²) in [6.45, 7) is 0.682. The summed E-state index contributed by atoms with van der Waals surface area (Å²) in [6, 6.07) is 3.51. The molecule has 3 aromatic heterocycles. The Kier molecular flexibility index (Phi) is 3.45. The molecular formula is C15H14N4O3S. The molecule has 1 aliphatic carbocycles. The molecule has 1 fully saturated rings. The molecule has 7 nitrogen and oxygen atoms in total. The Bertz CT molecular complexity index is 922. The predicted molar refractivity (Wildman–Crippen MR) is 84.7 cm³/mol. The molecule has 23 heavy (non-hydrogen) atoms. The minimum absolute atomic E-state index is 0.0864. The van der Waals surface area contributed by atoms with Crippen molar-refractivity contribution in [2.75, 3.05) is 6.54 Å². The molecular weight excluding hydrogens is 316 g/mol. The molecule has 118 valence electrons. The highest BCUT2D eigenvalue weighted by atomic mass is 32.1. The van der Waals surface area contributed by atoms with Gasteiger partial charge in [-0.05, 0) is 24.3 Å². The lowest BCUT2D eigenvalue weighted by molar-refractivity contribution is 0.0943. The van der Waals surface area contributed by atoms with Crippen molar-refractivity contribution in [3.63, 3.8) is 0 Å². The van der Waals surface area contributed by atoms with Crippen molar-refractivity contribution in [1.82, 2.24) is 20.0 Å². The smallest absolute Gasteiger partial charge is 0.273 e. The Balaban J connectivity index is 1.39. The Morgan fingerprint density at radius 2 is 2.35 bits per heavy atom. The number of carbonyl (C=O) groups excluding carboxylic acids is 1. The highest BCUT2D eigenvalue weighted by Crippen LogP contribution is 2.40. The fraction of sp³-hybridized carbons (Fsp3) is 0.333. The van der Waals surface area contributed by atoms with Crippen LogP contribution in [0, 0.1) is 0 Å². The largest absolute Gasteiger partial charge is 0.360 e. The first-order valence-corrected chi connectivity index (χ1v) is 8.28. The van der Waals surface area contributed by atoms with Crippen molar-refractivity contribution in [2.24, 2.45) is 0 Å². The maximum absolute atomic E-state index is 12.2. The lowest BCUT2D eigenvalue weighted by Gasteiger charge is -2.05. The van der Waals surface area contributed by atoms with E-state index < -0.39 is 0 Å². The van der Waals surface area contributed by atoms with E-state index in [2.05, 4.69) is 15.5 Å². The van der Waals surface area contributed by atoms with E-state index in [-0.39, 0.29) is 17.2 Å². The van der Waals surface area contributed by atoms with E-state index in [0.29, 0.717) is 29.2 Å². The number of carbonyl (C=O) groups is 1. The molecule has 0 spiro atoms. The van der Waals surface area contributed by atoms with Gasteiger partial charge in [-0.1, -0.05) is 5.16 Å². The van der Waals surface area contributed by atoms with Gasteiger partial charge >= 0.3 is 0 Å². The zero-order chi connectivity index (χ0) is 15.8. The molecule has 0 aromatic carbocycles. The topological polar surface area (TPSA) is 90.0 Å². The highest BCUT2D eigenvalue weighted by Gasteiger charge is 2.28. The van der Waals surface area contributed by atoms with Crippen molar-refractivity contribution in [2.45, 2.75) is 25.3 Å². The van der Waals surface area contributed by atoms with E-state index in [9.17, 15) is 9.59 Å². The van der Waals surface area contributed by atoms with Gasteiger partial charge < -0.3 is 9.84 Å². The molecule has 3 heterocycles. The van der Waals surface area contributed by atoms with Gasteiger partial charge in [-0.15, -0.1) is 11.3 Å². The van der Waals surface area contributed by atoms with Gasteiger partial charge in [-0.2, -0.15) is 0 Å². The molecule has 0 saturated heterocycles. The fourth-order valence-corrected chi connectivity index (χ4v) is 3.17. The molecule has 1 saturated carbocycles. The van der Waals surface area contributed by atoms with E-state index in [1.165, 1.54) is 22.2 Å². The molecule has 1 N–H and O–H groups in total. The monoisotopic (exact) mass is 330 g/mol. The summed E-state index contributed by atoms with van der Waals surface area (Å²) in [7, 11) is 0. The van der Waals surface area contributed by atoms with Gasteiger partial charge in [0.05, 0.1) is 11.8 Å². The quantitative estimate of drug-likeness (QED) is 0.770. The SMILES string of the molecule is O=C(NCCn1cnc2ccsc2c1=O)c1cc(C2CC2)on1. The van der Waals surface area contributed by atoms with Gasteiger partial charge in [0.2, 0.25) is 0 Å². The number of nitrogens with one attached hydrogen (secondary N) is 1. The number of aromatic nitrogens is 3. The summed E-state index contributed by atoms with van der Waals surface area (Å²) < 4.78 is 7.28. The van der Waals surface area contributed by atoms with Gasteiger partial charge in [0.15, 0.2) is 5.69 Å². The molecule has 4 rings (SSSR count). The van der Waals surface area contributed by atoms with Crippen molar-refractivity contribution in [1.29, 1.82) is 0 Å². The van der Waals surface area contributed by atoms with Crippen LogP contribution in [0.15, 0.2) is 33.2 Å². The maximum atomic E-state index is 12.2. The molecule has 3 aromatic rings. The minimum atomic E-state index is -0.293. The average Bonchev–Trinajstić information content (AvgIpc) is 3.10. The zero-order valence-electron chi connectivity index (χ0n) is 12.2. The molecule has 0 bridgehead atoms. The molecule has 0 radical (unpaired) electrons. The van der Waals surface area contributed by atoms with Crippen LogP contribution in [0.4, 0.5) is 0 Å². The van der Waals surface area contributed by atoms with Gasteiger partial charge in [-0.3, -0.25) is 14.2 Å². The minimum Gasteiger partial charge on any atom is -0.360 e. The van der Waals surface area contributed by atoms with Crippen LogP contribution in [0.1, 0.15) is 35.0 Å². The molecule has 0 unspecified atom stereocenters. The second kappa shape index (κ2) is 5.62. The molecule has 1 amide bonds. The fourth-order valence-electron chi connectivity index (χ4n) is 2.38. The summed E-state index contributed by atoms with van der Waals surface area (Å²) in [5.41, 5.74) is 0.901. The summed E-state index contributed by atoms with van der Waals surface area (Å²) in [5, 5.41) is 8.37. The van der Waals surface area contributed by atoms with Crippen molar-refractivity contribution >= 4 is 27.5 Å². The van der Waals surface area contributed by atoms with Crippen molar-refractivity contribution in [3.05, 3.63) is 45.6 Å². The first kappa shape index (κ1) is 14.1. The number of amides is 1. The van der Waals surface area contributed by atoms with Crippen molar-refractivity contribution in [3.8, 4) is 0 Å². The van der Waals surface area contributed by atoms with E-state index in [1.807, 2.05) is 11.4 Å². The van der Waals surface area contributed by atoms with Gasteiger partial charge in [0.1, 0.15) is 10.5 Å². The van der Waals surface area contributed by atoms with Crippen LogP contribution >= 0.6 is 11.3 Å². The first-order chi connectivity index (χ1) is 11.2. The number of hydrogen-bond donors (Lipinski definition) is 1. The van der Waals surface area contributed by atoms with Crippen molar-refractivity contribution < 1.29 is 9.32 Å². The van der Waals surface area contributed by atoms with Crippen LogP contribution in [-0.4, -0.2) is 27.2 Å². The standard InChI is InChI=1S/C15H14N4O3S/c20-14(11-7-12(22-18-11)9-1-2-9)16-4-5-19-8-17-10-3-6-23-13(10)15(19)21/h3,6-9H,1-2,4-5H2,(H,16,20). The second-order valence-electron chi connectivity index (χ2n) is 5.52. The lowest BCUT2D eigenvalue weighted by Crippen LogP contribution is -2.30. The Hall–Kier alpha value is -2.48. The summed E-state index contributed by atoms with van der Waals surface area (Å²) in [5.74, 6) is 0.906. The summed E-state index contributed by atoms with van der Waals surface area (Å²) in [6.07, 6.45) is 3.69. The van der Waals surface area contributed by atoms with Crippen LogP contribution in [-0.2, 0) is 6.54 Å². The van der Waals surface area contributed by atoms with Crippen LogP contribution in [0.2, 0.25) is 0 Å². The summed E-state index contributed by atoms with van der Waals surface area (Å²) in [4.78, 5) is 28.4. The van der Waals surface area contributed by atoms with E-state index >= 15 is 0 Å². The average molecular weight is 330 g/mol. The van der Waals surface area contributed by atoms with E-state index in [1.54, 1.807) is 6.07 Å². The van der Waals surface area contributed by atoms with E-state index in [0.717, 1.165) is 18.6 Å². The first-order valence-electron chi connectivity index (χ1n) is 7.40. The maximum Gasteiger partial charge on any atom is 0.273 e. The highest BCUT2D eigenvalue weighted by molar-refractivity contribution is 7.17.